The van der Waals surface area contributed by atoms with Crippen LogP contribution >= 0.6 is 0 Å². The normalized spacial score (nSPS) is 12.2. The SMILES string of the molecule is Cc1cc(C)c(NC(=O)OCC2c3ccccc3-c3ccccc32)c(C(=O)O)c1. The molecule has 2 N–H and O–H groups in total. The highest BCUT2D eigenvalue weighted by molar-refractivity contribution is 6.00. The van der Waals surface area contributed by atoms with Crippen molar-refractivity contribution >= 4 is 17.7 Å². The van der Waals surface area contributed by atoms with Crippen molar-refractivity contribution in [1.82, 2.24) is 0 Å². The Morgan fingerprint density at radius 1 is 0.966 bits per heavy atom. The largest absolute Gasteiger partial charge is 0.478 e. The molecule has 29 heavy (non-hydrogen) atoms. The second-order valence-corrected chi connectivity index (χ2v) is 7.26. The number of rotatable bonds is 4. The molecule has 0 saturated heterocycles. The van der Waals surface area contributed by atoms with E-state index in [4.69, 9.17) is 4.74 Å². The van der Waals surface area contributed by atoms with E-state index in [0.29, 0.717) is 5.56 Å². The Morgan fingerprint density at radius 3 is 2.14 bits per heavy atom. The molecule has 1 amide bonds. The molecule has 1 aliphatic rings. The molecule has 0 bridgehead atoms. The van der Waals surface area contributed by atoms with Gasteiger partial charge in [0.05, 0.1) is 11.3 Å². The summed E-state index contributed by atoms with van der Waals surface area (Å²) in [6, 6.07) is 19.6. The van der Waals surface area contributed by atoms with E-state index < -0.39 is 12.1 Å². The van der Waals surface area contributed by atoms with Gasteiger partial charge in [-0.1, -0.05) is 54.6 Å². The third-order valence-corrected chi connectivity index (χ3v) is 5.28. The average Bonchev–Trinajstić information content (AvgIpc) is 3.02. The molecular weight excluding hydrogens is 366 g/mol. The Hall–Kier alpha value is -3.60. The number of aryl methyl sites for hydroxylation is 2. The summed E-state index contributed by atoms with van der Waals surface area (Å²) in [4.78, 5) is 24.0. The maximum absolute atomic E-state index is 12.5. The minimum Gasteiger partial charge on any atom is -0.478 e. The summed E-state index contributed by atoms with van der Waals surface area (Å²) in [5, 5.41) is 12.1. The van der Waals surface area contributed by atoms with E-state index in [-0.39, 0.29) is 23.8 Å². The average molecular weight is 387 g/mol. The number of carboxylic acid groups (broad SMARTS) is 1. The summed E-state index contributed by atoms with van der Waals surface area (Å²) in [6.07, 6.45) is -0.665. The molecule has 0 spiro atoms. The Bertz CT molecular complexity index is 1070. The van der Waals surface area contributed by atoms with Crippen LogP contribution < -0.4 is 5.32 Å². The van der Waals surface area contributed by atoms with Crippen LogP contribution in [0.5, 0.6) is 0 Å². The van der Waals surface area contributed by atoms with E-state index in [1.54, 1.807) is 6.92 Å². The van der Waals surface area contributed by atoms with Crippen molar-refractivity contribution in [3.05, 3.63) is 88.5 Å². The molecule has 0 aromatic heterocycles. The standard InChI is InChI=1S/C24H21NO4/c1-14-11-15(2)22(20(12-14)23(26)27)25-24(28)29-13-21-18-9-5-3-7-16(18)17-8-4-6-10-19(17)21/h3-12,21H,13H2,1-2H3,(H,25,28)(H,26,27). The van der Waals surface area contributed by atoms with Crippen LogP contribution in [-0.4, -0.2) is 23.8 Å². The zero-order valence-electron chi connectivity index (χ0n) is 16.2. The van der Waals surface area contributed by atoms with Crippen molar-refractivity contribution in [2.75, 3.05) is 11.9 Å². The van der Waals surface area contributed by atoms with Gasteiger partial charge in [0.2, 0.25) is 0 Å². The predicted octanol–water partition coefficient (Wildman–Crippen LogP) is 5.36. The summed E-state index contributed by atoms with van der Waals surface area (Å²) in [5.41, 5.74) is 6.36. The summed E-state index contributed by atoms with van der Waals surface area (Å²) < 4.78 is 5.52. The summed E-state index contributed by atoms with van der Waals surface area (Å²) in [7, 11) is 0. The lowest BCUT2D eigenvalue weighted by Crippen LogP contribution is -2.20. The first-order valence-electron chi connectivity index (χ1n) is 9.42. The number of benzene rings is 3. The van der Waals surface area contributed by atoms with Crippen molar-refractivity contribution in [1.29, 1.82) is 0 Å². The van der Waals surface area contributed by atoms with Crippen LogP contribution in [0.4, 0.5) is 10.5 Å². The molecule has 5 heteroatoms. The van der Waals surface area contributed by atoms with Crippen molar-refractivity contribution in [3.63, 3.8) is 0 Å². The van der Waals surface area contributed by atoms with E-state index in [0.717, 1.165) is 27.8 Å². The second-order valence-electron chi connectivity index (χ2n) is 7.26. The molecule has 0 fully saturated rings. The van der Waals surface area contributed by atoms with Gasteiger partial charge in [-0.25, -0.2) is 9.59 Å². The predicted molar refractivity (Wildman–Crippen MR) is 112 cm³/mol. The minimum absolute atomic E-state index is 0.0498. The monoisotopic (exact) mass is 387 g/mol. The molecular formula is C24H21NO4. The van der Waals surface area contributed by atoms with Crippen molar-refractivity contribution in [2.45, 2.75) is 19.8 Å². The quantitative estimate of drug-likeness (QED) is 0.632. The fourth-order valence-electron chi connectivity index (χ4n) is 4.04. The Morgan fingerprint density at radius 2 is 1.55 bits per heavy atom. The summed E-state index contributed by atoms with van der Waals surface area (Å²) >= 11 is 0. The van der Waals surface area contributed by atoms with Gasteiger partial charge < -0.3 is 9.84 Å². The maximum atomic E-state index is 12.5. The smallest absolute Gasteiger partial charge is 0.411 e. The zero-order chi connectivity index (χ0) is 20.5. The Balaban J connectivity index is 1.54. The number of carbonyl (C=O) groups is 2. The molecule has 1 aliphatic carbocycles. The first-order valence-corrected chi connectivity index (χ1v) is 9.42. The Kier molecular flexibility index (Phi) is 4.80. The third-order valence-electron chi connectivity index (χ3n) is 5.28. The third kappa shape index (κ3) is 3.47. The second kappa shape index (κ2) is 7.43. The number of fused-ring (bicyclic) bond motifs is 3. The molecule has 0 atom stereocenters. The molecule has 5 nitrogen and oxygen atoms in total. The lowest BCUT2D eigenvalue weighted by atomic mass is 9.98. The highest BCUT2D eigenvalue weighted by atomic mass is 16.5. The number of aromatic carboxylic acids is 1. The molecule has 3 aromatic carbocycles. The molecule has 0 heterocycles. The van der Waals surface area contributed by atoms with Gasteiger partial charge in [-0.15, -0.1) is 0 Å². The van der Waals surface area contributed by atoms with Gasteiger partial charge in [0, 0.05) is 5.92 Å². The molecule has 3 aromatic rings. The minimum atomic E-state index is -1.09. The van der Waals surface area contributed by atoms with Crippen molar-refractivity contribution < 1.29 is 19.4 Å². The number of carbonyl (C=O) groups excluding carboxylic acids is 1. The molecule has 0 radical (unpaired) electrons. The maximum Gasteiger partial charge on any atom is 0.411 e. The highest BCUT2D eigenvalue weighted by Crippen LogP contribution is 2.44. The summed E-state index contributed by atoms with van der Waals surface area (Å²) in [6.45, 7) is 3.75. The highest BCUT2D eigenvalue weighted by Gasteiger charge is 2.29. The molecule has 0 unspecified atom stereocenters. The number of nitrogens with one attached hydrogen (secondary N) is 1. The van der Waals surface area contributed by atoms with Gasteiger partial charge in [-0.05, 0) is 53.3 Å². The summed E-state index contributed by atoms with van der Waals surface area (Å²) in [5.74, 6) is -1.14. The lowest BCUT2D eigenvalue weighted by molar-refractivity contribution is 0.0698. The zero-order valence-corrected chi connectivity index (χ0v) is 16.2. The molecule has 146 valence electrons. The van der Waals surface area contributed by atoms with Gasteiger partial charge in [-0.3, -0.25) is 5.32 Å². The first kappa shape index (κ1) is 18.7. The van der Waals surface area contributed by atoms with E-state index >= 15 is 0 Å². The number of amides is 1. The van der Waals surface area contributed by atoms with E-state index in [2.05, 4.69) is 17.4 Å². The van der Waals surface area contributed by atoms with E-state index in [1.165, 1.54) is 6.07 Å². The number of hydrogen-bond acceptors (Lipinski definition) is 3. The Labute approximate surface area is 169 Å². The van der Waals surface area contributed by atoms with Crippen LogP contribution in [0, 0.1) is 13.8 Å². The van der Waals surface area contributed by atoms with Crippen LogP contribution in [0.25, 0.3) is 11.1 Å². The van der Waals surface area contributed by atoms with Crippen LogP contribution in [0.3, 0.4) is 0 Å². The number of ether oxygens (including phenoxy) is 1. The number of hydrogen-bond donors (Lipinski definition) is 2. The van der Waals surface area contributed by atoms with E-state index in [1.807, 2.05) is 49.4 Å². The number of anilines is 1. The first-order chi connectivity index (χ1) is 14.0. The van der Waals surface area contributed by atoms with Gasteiger partial charge in [0.25, 0.3) is 0 Å². The van der Waals surface area contributed by atoms with Gasteiger partial charge in [0.1, 0.15) is 6.61 Å². The van der Waals surface area contributed by atoms with Crippen molar-refractivity contribution in [3.8, 4) is 11.1 Å². The fraction of sp³-hybridized carbons (Fsp3) is 0.167. The van der Waals surface area contributed by atoms with Crippen LogP contribution in [-0.2, 0) is 4.74 Å². The topological polar surface area (TPSA) is 75.6 Å². The van der Waals surface area contributed by atoms with Crippen LogP contribution in [0.1, 0.15) is 38.5 Å². The molecule has 4 rings (SSSR count). The van der Waals surface area contributed by atoms with Crippen LogP contribution in [0.15, 0.2) is 60.7 Å². The molecule has 0 saturated carbocycles. The van der Waals surface area contributed by atoms with Crippen molar-refractivity contribution in [2.24, 2.45) is 0 Å². The fourth-order valence-corrected chi connectivity index (χ4v) is 4.04. The van der Waals surface area contributed by atoms with E-state index in [9.17, 15) is 14.7 Å². The van der Waals surface area contributed by atoms with Gasteiger partial charge >= 0.3 is 12.1 Å². The van der Waals surface area contributed by atoms with Gasteiger partial charge in [0.15, 0.2) is 0 Å². The lowest BCUT2D eigenvalue weighted by Gasteiger charge is -2.16. The van der Waals surface area contributed by atoms with Crippen LogP contribution in [0.2, 0.25) is 0 Å². The molecule has 0 aliphatic heterocycles. The van der Waals surface area contributed by atoms with Gasteiger partial charge in [-0.2, -0.15) is 0 Å². The number of carboxylic acids is 1.